The number of aromatic nitrogens is 3. The minimum Gasteiger partial charge on any atom is -0.234 e. The number of rotatable bonds is 3. The SMILES string of the molecule is CCS(=O)(=O)N1CCC(c2cc3nc(C)cc(C(F)(F)F)n3n2)CC1. The molecule has 1 aliphatic heterocycles. The second kappa shape index (κ2) is 6.24. The summed E-state index contributed by atoms with van der Waals surface area (Å²) in [6.07, 6.45) is -3.46. The van der Waals surface area contributed by atoms with Gasteiger partial charge in [0.05, 0.1) is 11.4 Å². The van der Waals surface area contributed by atoms with Gasteiger partial charge in [0.1, 0.15) is 5.69 Å². The summed E-state index contributed by atoms with van der Waals surface area (Å²) in [6, 6.07) is 2.54. The Labute approximate surface area is 143 Å². The fourth-order valence-corrected chi connectivity index (χ4v) is 4.26. The topological polar surface area (TPSA) is 67.6 Å². The highest BCUT2D eigenvalue weighted by atomic mass is 32.2. The van der Waals surface area contributed by atoms with Crippen molar-refractivity contribution >= 4 is 15.7 Å². The largest absolute Gasteiger partial charge is 0.433 e. The molecule has 3 rings (SSSR count). The Balaban J connectivity index is 1.89. The predicted molar refractivity (Wildman–Crippen MR) is 85.7 cm³/mol. The predicted octanol–water partition coefficient (Wildman–Crippen LogP) is 2.59. The number of hydrogen-bond donors (Lipinski definition) is 0. The second-order valence-electron chi connectivity index (χ2n) is 6.19. The lowest BCUT2D eigenvalue weighted by Crippen LogP contribution is -2.38. The van der Waals surface area contributed by atoms with Gasteiger partial charge < -0.3 is 0 Å². The van der Waals surface area contributed by atoms with Gasteiger partial charge in [-0.15, -0.1) is 0 Å². The molecule has 0 aliphatic carbocycles. The zero-order valence-electron chi connectivity index (χ0n) is 13.9. The maximum Gasteiger partial charge on any atom is 0.433 e. The van der Waals surface area contributed by atoms with Crippen LogP contribution in [0.15, 0.2) is 12.1 Å². The number of halogens is 3. The standard InChI is InChI=1S/C15H19F3N4O2S/c1-3-25(23,24)21-6-4-11(5-7-21)12-9-14-19-10(2)8-13(15(16,17)18)22(14)20-12/h8-9,11H,3-7H2,1-2H3. The second-order valence-corrected chi connectivity index (χ2v) is 8.45. The minimum absolute atomic E-state index is 0.0458. The van der Waals surface area contributed by atoms with E-state index in [9.17, 15) is 21.6 Å². The molecule has 6 nitrogen and oxygen atoms in total. The van der Waals surface area contributed by atoms with E-state index in [1.807, 2.05) is 0 Å². The Morgan fingerprint density at radius 3 is 2.44 bits per heavy atom. The van der Waals surface area contributed by atoms with Crippen LogP contribution >= 0.6 is 0 Å². The average Bonchev–Trinajstić information content (AvgIpc) is 2.97. The highest BCUT2D eigenvalue weighted by molar-refractivity contribution is 7.89. The Kier molecular flexibility index (Phi) is 4.52. The van der Waals surface area contributed by atoms with Crippen LogP contribution in [0.3, 0.4) is 0 Å². The van der Waals surface area contributed by atoms with Crippen molar-refractivity contribution in [1.82, 2.24) is 18.9 Å². The van der Waals surface area contributed by atoms with E-state index in [0.717, 1.165) is 10.6 Å². The van der Waals surface area contributed by atoms with E-state index in [0.29, 0.717) is 31.6 Å². The Bertz CT molecular complexity index is 884. The fraction of sp³-hybridized carbons (Fsp3) is 0.600. The summed E-state index contributed by atoms with van der Waals surface area (Å²) in [5.41, 5.74) is 0.102. The van der Waals surface area contributed by atoms with Crippen LogP contribution < -0.4 is 0 Å². The van der Waals surface area contributed by atoms with Crippen LogP contribution in [0.1, 0.15) is 42.8 Å². The number of piperidine rings is 1. The lowest BCUT2D eigenvalue weighted by molar-refractivity contribution is -0.142. The maximum absolute atomic E-state index is 13.2. The molecule has 0 unspecified atom stereocenters. The monoisotopic (exact) mass is 376 g/mol. The lowest BCUT2D eigenvalue weighted by Gasteiger charge is -2.30. The maximum atomic E-state index is 13.2. The molecule has 0 N–H and O–H groups in total. The van der Waals surface area contributed by atoms with Gasteiger partial charge in [-0.3, -0.25) is 0 Å². The zero-order chi connectivity index (χ0) is 18.4. The minimum atomic E-state index is -4.52. The average molecular weight is 376 g/mol. The van der Waals surface area contributed by atoms with E-state index in [2.05, 4.69) is 10.1 Å². The van der Waals surface area contributed by atoms with Gasteiger partial charge in [-0.05, 0) is 32.8 Å². The Morgan fingerprint density at radius 1 is 1.24 bits per heavy atom. The van der Waals surface area contributed by atoms with E-state index < -0.39 is 21.9 Å². The molecule has 0 atom stereocenters. The first-order chi connectivity index (χ1) is 11.6. The number of nitrogens with zero attached hydrogens (tertiary/aromatic N) is 4. The molecular weight excluding hydrogens is 357 g/mol. The van der Waals surface area contributed by atoms with Crippen molar-refractivity contribution in [1.29, 1.82) is 0 Å². The third-order valence-electron chi connectivity index (χ3n) is 4.49. The Hall–Kier alpha value is -1.68. The summed E-state index contributed by atoms with van der Waals surface area (Å²) >= 11 is 0. The Morgan fingerprint density at radius 2 is 1.88 bits per heavy atom. The van der Waals surface area contributed by atoms with Gasteiger partial charge in [-0.25, -0.2) is 22.2 Å². The van der Waals surface area contributed by atoms with Gasteiger partial charge in [0, 0.05) is 30.8 Å². The molecule has 0 radical (unpaired) electrons. The summed E-state index contributed by atoms with van der Waals surface area (Å²) in [7, 11) is -3.24. The molecule has 2 aromatic rings. The summed E-state index contributed by atoms with van der Waals surface area (Å²) in [6.45, 7) is 3.81. The molecular formula is C15H19F3N4O2S. The van der Waals surface area contributed by atoms with Crippen molar-refractivity contribution in [3.05, 3.63) is 29.2 Å². The molecule has 1 aliphatic rings. The summed E-state index contributed by atoms with van der Waals surface area (Å²) in [5.74, 6) is -0.0316. The van der Waals surface area contributed by atoms with Crippen molar-refractivity contribution in [2.24, 2.45) is 0 Å². The van der Waals surface area contributed by atoms with Gasteiger partial charge in [-0.2, -0.15) is 18.3 Å². The summed E-state index contributed by atoms with van der Waals surface area (Å²) < 4.78 is 65.7. The molecule has 0 spiro atoms. The molecule has 0 bridgehead atoms. The number of hydrogen-bond acceptors (Lipinski definition) is 4. The van der Waals surface area contributed by atoms with Crippen LogP contribution in [0.25, 0.3) is 5.65 Å². The van der Waals surface area contributed by atoms with E-state index >= 15 is 0 Å². The van der Waals surface area contributed by atoms with E-state index in [-0.39, 0.29) is 23.0 Å². The molecule has 0 amide bonds. The van der Waals surface area contributed by atoms with Gasteiger partial charge in [0.2, 0.25) is 10.0 Å². The molecule has 138 valence electrons. The van der Waals surface area contributed by atoms with Crippen molar-refractivity contribution in [2.45, 2.75) is 38.8 Å². The number of fused-ring (bicyclic) bond motifs is 1. The normalized spacial score (nSPS) is 18.1. The molecule has 1 saturated heterocycles. The number of aryl methyl sites for hydroxylation is 1. The molecule has 1 fully saturated rings. The number of sulfonamides is 1. The van der Waals surface area contributed by atoms with E-state index in [1.54, 1.807) is 13.0 Å². The molecule has 0 saturated carbocycles. The third-order valence-corrected chi connectivity index (χ3v) is 6.38. The fourth-order valence-electron chi connectivity index (χ4n) is 3.13. The summed E-state index contributed by atoms with van der Waals surface area (Å²) in [4.78, 5) is 4.13. The van der Waals surface area contributed by atoms with Crippen LogP contribution in [-0.2, 0) is 16.2 Å². The first-order valence-electron chi connectivity index (χ1n) is 8.04. The van der Waals surface area contributed by atoms with Gasteiger partial charge in [0.25, 0.3) is 0 Å². The van der Waals surface area contributed by atoms with Crippen molar-refractivity contribution in [3.63, 3.8) is 0 Å². The first-order valence-corrected chi connectivity index (χ1v) is 9.65. The molecule has 2 aromatic heterocycles. The van der Waals surface area contributed by atoms with Crippen LogP contribution in [0.4, 0.5) is 13.2 Å². The van der Waals surface area contributed by atoms with E-state index in [1.165, 1.54) is 11.2 Å². The molecule has 3 heterocycles. The third kappa shape index (κ3) is 3.50. The summed E-state index contributed by atoms with van der Waals surface area (Å²) in [5, 5.41) is 4.12. The number of alkyl halides is 3. The van der Waals surface area contributed by atoms with Crippen LogP contribution in [0.2, 0.25) is 0 Å². The van der Waals surface area contributed by atoms with Crippen LogP contribution in [0, 0.1) is 6.92 Å². The molecule has 25 heavy (non-hydrogen) atoms. The van der Waals surface area contributed by atoms with Crippen LogP contribution in [0.5, 0.6) is 0 Å². The molecule has 10 heteroatoms. The van der Waals surface area contributed by atoms with Crippen molar-refractivity contribution in [3.8, 4) is 0 Å². The zero-order valence-corrected chi connectivity index (χ0v) is 14.7. The van der Waals surface area contributed by atoms with Gasteiger partial charge in [0.15, 0.2) is 5.65 Å². The van der Waals surface area contributed by atoms with Crippen molar-refractivity contribution < 1.29 is 21.6 Å². The van der Waals surface area contributed by atoms with Gasteiger partial charge in [-0.1, -0.05) is 0 Å². The highest BCUT2D eigenvalue weighted by Crippen LogP contribution is 2.33. The van der Waals surface area contributed by atoms with Crippen LogP contribution in [-0.4, -0.2) is 46.2 Å². The molecule has 0 aromatic carbocycles. The smallest absolute Gasteiger partial charge is 0.234 e. The quantitative estimate of drug-likeness (QED) is 0.826. The lowest BCUT2D eigenvalue weighted by atomic mass is 9.95. The van der Waals surface area contributed by atoms with Crippen molar-refractivity contribution in [2.75, 3.05) is 18.8 Å². The van der Waals surface area contributed by atoms with E-state index in [4.69, 9.17) is 0 Å². The highest BCUT2D eigenvalue weighted by Gasteiger charge is 2.35. The van der Waals surface area contributed by atoms with Gasteiger partial charge >= 0.3 is 6.18 Å². The first kappa shape index (κ1) is 18.1.